The maximum atomic E-state index is 11.7. The van der Waals surface area contributed by atoms with Crippen molar-refractivity contribution in [2.75, 3.05) is 19.3 Å². The van der Waals surface area contributed by atoms with Crippen molar-refractivity contribution in [2.24, 2.45) is 5.92 Å². The Morgan fingerprint density at radius 1 is 1.35 bits per heavy atom. The van der Waals surface area contributed by atoms with Crippen LogP contribution in [0.2, 0.25) is 0 Å². The molecule has 4 nitrogen and oxygen atoms in total. The van der Waals surface area contributed by atoms with Gasteiger partial charge in [0.2, 0.25) is 0 Å². The summed E-state index contributed by atoms with van der Waals surface area (Å²) in [4.78, 5) is 14.2. The van der Waals surface area contributed by atoms with Gasteiger partial charge in [0.25, 0.3) is 5.56 Å². The van der Waals surface area contributed by atoms with Crippen LogP contribution in [-0.4, -0.2) is 29.1 Å². The lowest BCUT2D eigenvalue weighted by atomic mass is 9.85. The molecule has 1 heterocycles. The lowest BCUT2D eigenvalue weighted by Gasteiger charge is -2.36. The molecule has 0 amide bonds. The van der Waals surface area contributed by atoms with Crippen molar-refractivity contribution in [3.05, 3.63) is 28.7 Å². The molecule has 0 aliphatic heterocycles. The number of nitrogens with two attached hydrogens (primary N) is 1. The third kappa shape index (κ3) is 3.85. The molecule has 2 atom stereocenters. The Hall–Kier alpha value is -1.29. The van der Waals surface area contributed by atoms with Crippen molar-refractivity contribution in [1.82, 2.24) is 9.47 Å². The fraction of sp³-hybridized carbons (Fsp3) is 0.688. The molecule has 1 saturated carbocycles. The number of hydrogen-bond donors (Lipinski definition) is 1. The van der Waals surface area contributed by atoms with Gasteiger partial charge in [-0.15, -0.1) is 0 Å². The van der Waals surface area contributed by atoms with Crippen LogP contribution in [0, 0.1) is 5.92 Å². The minimum absolute atomic E-state index is 0.0351. The second-order valence-corrected chi connectivity index (χ2v) is 6.16. The fourth-order valence-electron chi connectivity index (χ4n) is 3.33. The summed E-state index contributed by atoms with van der Waals surface area (Å²) in [6.45, 7) is 4.15. The molecule has 2 N–H and O–H groups in total. The summed E-state index contributed by atoms with van der Waals surface area (Å²) in [5.74, 6) is 0.795. The van der Waals surface area contributed by atoms with Crippen molar-refractivity contribution in [3.63, 3.8) is 0 Å². The summed E-state index contributed by atoms with van der Waals surface area (Å²) in [6, 6.07) is 3.91. The molecule has 1 fully saturated rings. The van der Waals surface area contributed by atoms with Gasteiger partial charge in [0.1, 0.15) is 0 Å². The van der Waals surface area contributed by atoms with Crippen LogP contribution in [0.1, 0.15) is 39.0 Å². The summed E-state index contributed by atoms with van der Waals surface area (Å²) >= 11 is 0. The molecule has 0 bridgehead atoms. The second-order valence-electron chi connectivity index (χ2n) is 6.16. The number of pyridine rings is 1. The molecule has 20 heavy (non-hydrogen) atoms. The Morgan fingerprint density at radius 2 is 2.10 bits per heavy atom. The first-order valence-electron chi connectivity index (χ1n) is 7.74. The smallest absolute Gasteiger partial charge is 0.250 e. The summed E-state index contributed by atoms with van der Waals surface area (Å²) in [5.41, 5.74) is 6.41. The predicted octanol–water partition coefficient (Wildman–Crippen LogP) is 2.33. The highest BCUT2D eigenvalue weighted by Gasteiger charge is 2.24. The Bertz CT molecular complexity index is 483. The van der Waals surface area contributed by atoms with Crippen LogP contribution in [0.25, 0.3) is 0 Å². The summed E-state index contributed by atoms with van der Waals surface area (Å²) < 4.78 is 1.72. The van der Waals surface area contributed by atoms with Gasteiger partial charge in [0, 0.05) is 30.5 Å². The number of aryl methyl sites for hydroxylation is 1. The van der Waals surface area contributed by atoms with E-state index >= 15 is 0 Å². The largest absolute Gasteiger partial charge is 0.398 e. The Morgan fingerprint density at radius 3 is 2.85 bits per heavy atom. The van der Waals surface area contributed by atoms with Crippen LogP contribution >= 0.6 is 0 Å². The number of anilines is 1. The van der Waals surface area contributed by atoms with Crippen molar-refractivity contribution >= 4 is 5.69 Å². The van der Waals surface area contributed by atoms with Crippen molar-refractivity contribution in [1.29, 1.82) is 0 Å². The highest BCUT2D eigenvalue weighted by atomic mass is 16.1. The van der Waals surface area contributed by atoms with Gasteiger partial charge in [-0.1, -0.05) is 19.8 Å². The van der Waals surface area contributed by atoms with Gasteiger partial charge in [-0.25, -0.2) is 0 Å². The first-order valence-corrected chi connectivity index (χ1v) is 7.74. The standard InChI is InChI=1S/C16H27N3O/c1-13-6-3-4-7-15(13)18(2)10-5-11-19-12-14(17)8-9-16(19)20/h8-9,12-13,15H,3-7,10-11,17H2,1-2H3. The van der Waals surface area contributed by atoms with Crippen LogP contribution in [0.4, 0.5) is 5.69 Å². The van der Waals surface area contributed by atoms with E-state index in [0.717, 1.165) is 25.4 Å². The van der Waals surface area contributed by atoms with Gasteiger partial charge < -0.3 is 15.2 Å². The number of nitrogen functional groups attached to an aromatic ring is 1. The predicted molar refractivity (Wildman–Crippen MR) is 83.8 cm³/mol. The molecule has 1 aromatic rings. The van der Waals surface area contributed by atoms with E-state index in [1.807, 2.05) is 0 Å². The Kier molecular flexibility index (Phi) is 5.24. The van der Waals surface area contributed by atoms with Crippen LogP contribution in [-0.2, 0) is 6.54 Å². The van der Waals surface area contributed by atoms with E-state index in [1.165, 1.54) is 25.7 Å². The second kappa shape index (κ2) is 6.93. The highest BCUT2D eigenvalue weighted by Crippen LogP contribution is 2.27. The molecule has 4 heteroatoms. The van der Waals surface area contributed by atoms with Crippen LogP contribution < -0.4 is 11.3 Å². The number of nitrogens with zero attached hydrogens (tertiary/aromatic N) is 2. The molecule has 0 aromatic carbocycles. The average Bonchev–Trinajstić information content (AvgIpc) is 2.43. The zero-order valence-corrected chi connectivity index (χ0v) is 12.7. The number of hydrogen-bond acceptors (Lipinski definition) is 3. The third-order valence-corrected chi connectivity index (χ3v) is 4.55. The minimum atomic E-state index is 0.0351. The molecule has 2 rings (SSSR count). The molecular formula is C16H27N3O. The lowest BCUT2D eigenvalue weighted by molar-refractivity contribution is 0.137. The Labute approximate surface area is 121 Å². The number of rotatable bonds is 5. The average molecular weight is 277 g/mol. The van der Waals surface area contributed by atoms with Gasteiger partial charge in [-0.05, 0) is 44.8 Å². The molecule has 1 aliphatic rings. The summed E-state index contributed by atoms with van der Waals surface area (Å²) in [6.07, 6.45) is 8.13. The normalized spacial score (nSPS) is 23.1. The lowest BCUT2D eigenvalue weighted by Crippen LogP contribution is -2.39. The fourth-order valence-corrected chi connectivity index (χ4v) is 3.33. The van der Waals surface area contributed by atoms with E-state index < -0.39 is 0 Å². The van der Waals surface area contributed by atoms with Gasteiger partial charge in [0.05, 0.1) is 0 Å². The molecule has 0 spiro atoms. The van der Waals surface area contributed by atoms with Crippen LogP contribution in [0.5, 0.6) is 0 Å². The monoisotopic (exact) mass is 277 g/mol. The number of aromatic nitrogens is 1. The van der Waals surface area contributed by atoms with E-state index in [2.05, 4.69) is 18.9 Å². The highest BCUT2D eigenvalue weighted by molar-refractivity contribution is 5.33. The molecule has 0 radical (unpaired) electrons. The van der Waals surface area contributed by atoms with Crippen molar-refractivity contribution < 1.29 is 0 Å². The SMILES string of the molecule is CC1CCCCC1N(C)CCCn1cc(N)ccc1=O. The van der Waals surface area contributed by atoms with Gasteiger partial charge in [0.15, 0.2) is 0 Å². The van der Waals surface area contributed by atoms with E-state index in [-0.39, 0.29) is 5.56 Å². The molecule has 1 aliphatic carbocycles. The van der Waals surface area contributed by atoms with Crippen LogP contribution in [0.3, 0.4) is 0 Å². The zero-order valence-electron chi connectivity index (χ0n) is 12.7. The van der Waals surface area contributed by atoms with Crippen molar-refractivity contribution in [3.8, 4) is 0 Å². The first-order chi connectivity index (χ1) is 9.58. The van der Waals surface area contributed by atoms with E-state index in [9.17, 15) is 4.79 Å². The maximum Gasteiger partial charge on any atom is 0.250 e. The minimum Gasteiger partial charge on any atom is -0.398 e. The van der Waals surface area contributed by atoms with Gasteiger partial charge >= 0.3 is 0 Å². The molecular weight excluding hydrogens is 250 g/mol. The molecule has 112 valence electrons. The third-order valence-electron chi connectivity index (χ3n) is 4.55. The maximum absolute atomic E-state index is 11.7. The molecule has 2 unspecified atom stereocenters. The molecule has 0 saturated heterocycles. The summed E-state index contributed by atoms with van der Waals surface area (Å²) in [7, 11) is 2.22. The zero-order chi connectivity index (χ0) is 14.5. The Balaban J connectivity index is 1.83. The van der Waals surface area contributed by atoms with E-state index in [1.54, 1.807) is 22.9 Å². The van der Waals surface area contributed by atoms with Crippen molar-refractivity contribution in [2.45, 2.75) is 51.6 Å². The molecule has 1 aromatic heterocycles. The van der Waals surface area contributed by atoms with E-state index in [0.29, 0.717) is 11.7 Å². The van der Waals surface area contributed by atoms with Gasteiger partial charge in [-0.2, -0.15) is 0 Å². The van der Waals surface area contributed by atoms with Gasteiger partial charge in [-0.3, -0.25) is 4.79 Å². The first kappa shape index (κ1) is 15.1. The van der Waals surface area contributed by atoms with E-state index in [4.69, 9.17) is 5.73 Å². The topological polar surface area (TPSA) is 51.3 Å². The summed E-state index contributed by atoms with van der Waals surface area (Å²) in [5, 5.41) is 0. The van der Waals surface area contributed by atoms with Crippen LogP contribution in [0.15, 0.2) is 23.1 Å². The quantitative estimate of drug-likeness (QED) is 0.898.